The van der Waals surface area contributed by atoms with Gasteiger partial charge in [0.05, 0.1) is 10.2 Å². The SMILES string of the molecule is Cc1nn(CCCNC(=O)c2ccc(-c3ccccc3)cc2)cc1Br. The van der Waals surface area contributed by atoms with Crippen LogP contribution in [0.4, 0.5) is 0 Å². The highest BCUT2D eigenvalue weighted by molar-refractivity contribution is 9.10. The smallest absolute Gasteiger partial charge is 0.251 e. The lowest BCUT2D eigenvalue weighted by molar-refractivity contribution is 0.0952. The molecule has 0 bridgehead atoms. The van der Waals surface area contributed by atoms with Crippen LogP contribution >= 0.6 is 15.9 Å². The van der Waals surface area contributed by atoms with Crippen LogP contribution in [0.3, 0.4) is 0 Å². The molecule has 0 aliphatic carbocycles. The molecule has 0 aliphatic heterocycles. The highest BCUT2D eigenvalue weighted by Gasteiger charge is 2.06. The van der Waals surface area contributed by atoms with Crippen molar-refractivity contribution in [3.8, 4) is 11.1 Å². The second kappa shape index (κ2) is 8.12. The summed E-state index contributed by atoms with van der Waals surface area (Å²) in [5.41, 5.74) is 3.91. The number of nitrogens with zero attached hydrogens (tertiary/aromatic N) is 2. The van der Waals surface area contributed by atoms with E-state index >= 15 is 0 Å². The van der Waals surface area contributed by atoms with E-state index in [4.69, 9.17) is 0 Å². The van der Waals surface area contributed by atoms with Crippen LogP contribution in [0.1, 0.15) is 22.5 Å². The van der Waals surface area contributed by atoms with Gasteiger partial charge in [-0.15, -0.1) is 0 Å². The molecular formula is C20H20BrN3O. The molecule has 3 rings (SSSR count). The maximum absolute atomic E-state index is 12.2. The zero-order valence-electron chi connectivity index (χ0n) is 14.1. The molecule has 128 valence electrons. The van der Waals surface area contributed by atoms with Gasteiger partial charge in [-0.2, -0.15) is 5.10 Å². The van der Waals surface area contributed by atoms with Gasteiger partial charge in [0.15, 0.2) is 0 Å². The summed E-state index contributed by atoms with van der Waals surface area (Å²) in [6.07, 6.45) is 2.79. The monoisotopic (exact) mass is 397 g/mol. The molecular weight excluding hydrogens is 378 g/mol. The van der Waals surface area contributed by atoms with Crippen LogP contribution in [0.2, 0.25) is 0 Å². The number of aryl methyl sites for hydroxylation is 2. The molecule has 0 unspecified atom stereocenters. The average molecular weight is 398 g/mol. The van der Waals surface area contributed by atoms with E-state index in [9.17, 15) is 4.79 Å². The molecule has 25 heavy (non-hydrogen) atoms. The van der Waals surface area contributed by atoms with Crippen molar-refractivity contribution >= 4 is 21.8 Å². The molecule has 5 heteroatoms. The van der Waals surface area contributed by atoms with Gasteiger partial charge in [0.1, 0.15) is 0 Å². The van der Waals surface area contributed by atoms with Crippen LogP contribution < -0.4 is 5.32 Å². The number of aromatic nitrogens is 2. The Labute approximate surface area is 156 Å². The Kier molecular flexibility index (Phi) is 5.66. The van der Waals surface area contributed by atoms with Crippen LogP contribution in [0.15, 0.2) is 65.3 Å². The van der Waals surface area contributed by atoms with E-state index in [1.807, 2.05) is 60.3 Å². The Hall–Kier alpha value is -2.40. The molecule has 0 aliphatic rings. The maximum atomic E-state index is 12.2. The second-order valence-electron chi connectivity index (χ2n) is 5.88. The van der Waals surface area contributed by atoms with Crippen molar-refractivity contribution in [3.63, 3.8) is 0 Å². The third-order valence-corrected chi connectivity index (χ3v) is 4.77. The van der Waals surface area contributed by atoms with E-state index in [0.29, 0.717) is 12.1 Å². The summed E-state index contributed by atoms with van der Waals surface area (Å²) in [6.45, 7) is 3.36. The maximum Gasteiger partial charge on any atom is 0.251 e. The van der Waals surface area contributed by atoms with Crippen LogP contribution in [0, 0.1) is 6.92 Å². The zero-order valence-corrected chi connectivity index (χ0v) is 15.7. The van der Waals surface area contributed by atoms with Crippen molar-refractivity contribution in [2.45, 2.75) is 19.9 Å². The molecule has 0 saturated carbocycles. The molecule has 0 atom stereocenters. The topological polar surface area (TPSA) is 46.9 Å². The first kappa shape index (κ1) is 17.4. The fraction of sp³-hybridized carbons (Fsp3) is 0.200. The molecule has 4 nitrogen and oxygen atoms in total. The van der Waals surface area contributed by atoms with Crippen molar-refractivity contribution in [1.29, 1.82) is 0 Å². The number of hydrogen-bond acceptors (Lipinski definition) is 2. The van der Waals surface area contributed by atoms with Crippen molar-refractivity contribution < 1.29 is 4.79 Å². The van der Waals surface area contributed by atoms with Gasteiger partial charge in [0.2, 0.25) is 0 Å². The Morgan fingerprint density at radius 1 is 1.08 bits per heavy atom. The van der Waals surface area contributed by atoms with Gasteiger partial charge < -0.3 is 5.32 Å². The van der Waals surface area contributed by atoms with Gasteiger partial charge in [0.25, 0.3) is 5.91 Å². The molecule has 2 aromatic carbocycles. The number of halogens is 1. The minimum atomic E-state index is -0.0440. The van der Waals surface area contributed by atoms with E-state index in [1.165, 1.54) is 0 Å². The van der Waals surface area contributed by atoms with Crippen LogP contribution in [-0.4, -0.2) is 22.2 Å². The molecule has 1 N–H and O–H groups in total. The van der Waals surface area contributed by atoms with Gasteiger partial charge in [-0.1, -0.05) is 42.5 Å². The van der Waals surface area contributed by atoms with Gasteiger partial charge in [-0.25, -0.2) is 0 Å². The summed E-state index contributed by atoms with van der Waals surface area (Å²) in [6, 6.07) is 17.8. The normalized spacial score (nSPS) is 10.6. The highest BCUT2D eigenvalue weighted by atomic mass is 79.9. The van der Waals surface area contributed by atoms with Gasteiger partial charge >= 0.3 is 0 Å². The zero-order chi connectivity index (χ0) is 17.6. The Balaban J connectivity index is 1.49. The van der Waals surface area contributed by atoms with Gasteiger partial charge in [-0.3, -0.25) is 9.48 Å². The molecule has 3 aromatic rings. The molecule has 1 heterocycles. The lowest BCUT2D eigenvalue weighted by Gasteiger charge is -2.07. The summed E-state index contributed by atoms with van der Waals surface area (Å²) in [7, 11) is 0. The Morgan fingerprint density at radius 2 is 1.76 bits per heavy atom. The first-order valence-electron chi connectivity index (χ1n) is 8.27. The second-order valence-corrected chi connectivity index (χ2v) is 6.73. The van der Waals surface area contributed by atoms with Crippen LogP contribution in [-0.2, 0) is 6.54 Å². The van der Waals surface area contributed by atoms with Gasteiger partial charge in [-0.05, 0) is 52.5 Å². The van der Waals surface area contributed by atoms with Gasteiger partial charge in [0, 0.05) is 24.8 Å². The fourth-order valence-electron chi connectivity index (χ4n) is 2.60. The number of benzene rings is 2. The third-order valence-electron chi connectivity index (χ3n) is 3.99. The standard InChI is InChI=1S/C20H20BrN3O/c1-15-19(21)14-24(23-15)13-5-12-22-20(25)18-10-8-17(9-11-18)16-6-3-2-4-7-16/h2-4,6-11,14H,5,12-13H2,1H3,(H,22,25). The van der Waals surface area contributed by atoms with E-state index in [1.54, 1.807) is 0 Å². The molecule has 1 amide bonds. The Morgan fingerprint density at radius 3 is 2.40 bits per heavy atom. The lowest BCUT2D eigenvalue weighted by Crippen LogP contribution is -2.25. The van der Waals surface area contributed by atoms with E-state index in [-0.39, 0.29) is 5.91 Å². The summed E-state index contributed by atoms with van der Waals surface area (Å²) >= 11 is 3.45. The minimum Gasteiger partial charge on any atom is -0.352 e. The number of carbonyl (C=O) groups excluding carboxylic acids is 1. The van der Waals surface area contributed by atoms with Crippen molar-refractivity contribution in [3.05, 3.63) is 76.5 Å². The number of hydrogen-bond donors (Lipinski definition) is 1. The molecule has 1 aromatic heterocycles. The predicted octanol–water partition coefficient (Wildman–Crippen LogP) is 4.44. The van der Waals surface area contributed by atoms with Crippen molar-refractivity contribution in [2.24, 2.45) is 0 Å². The van der Waals surface area contributed by atoms with E-state index < -0.39 is 0 Å². The van der Waals surface area contributed by atoms with E-state index in [0.717, 1.165) is 34.3 Å². The third kappa shape index (κ3) is 4.57. The number of carbonyl (C=O) groups is 1. The largest absolute Gasteiger partial charge is 0.352 e. The summed E-state index contributed by atoms with van der Waals surface area (Å²) < 4.78 is 2.90. The summed E-state index contributed by atoms with van der Waals surface area (Å²) in [5.74, 6) is -0.0440. The molecule has 0 fully saturated rings. The fourth-order valence-corrected chi connectivity index (χ4v) is 2.91. The average Bonchev–Trinajstić information content (AvgIpc) is 2.97. The Bertz CT molecular complexity index is 822. The van der Waals surface area contributed by atoms with Crippen LogP contribution in [0.25, 0.3) is 11.1 Å². The molecule has 0 saturated heterocycles. The first-order chi connectivity index (χ1) is 12.1. The number of rotatable bonds is 6. The highest BCUT2D eigenvalue weighted by Crippen LogP contribution is 2.19. The molecule has 0 spiro atoms. The predicted molar refractivity (Wildman–Crippen MR) is 103 cm³/mol. The first-order valence-corrected chi connectivity index (χ1v) is 9.06. The molecule has 0 radical (unpaired) electrons. The minimum absolute atomic E-state index is 0.0440. The summed E-state index contributed by atoms with van der Waals surface area (Å²) in [5, 5.41) is 7.34. The summed E-state index contributed by atoms with van der Waals surface area (Å²) in [4.78, 5) is 12.2. The van der Waals surface area contributed by atoms with Crippen LogP contribution in [0.5, 0.6) is 0 Å². The lowest BCUT2D eigenvalue weighted by atomic mass is 10.0. The number of nitrogens with one attached hydrogen (secondary N) is 1. The van der Waals surface area contributed by atoms with Crippen molar-refractivity contribution in [2.75, 3.05) is 6.54 Å². The van der Waals surface area contributed by atoms with E-state index in [2.05, 4.69) is 38.5 Å². The van der Waals surface area contributed by atoms with Crippen molar-refractivity contribution in [1.82, 2.24) is 15.1 Å². The quantitative estimate of drug-likeness (QED) is 0.624. The number of amides is 1.